The van der Waals surface area contributed by atoms with E-state index in [4.69, 9.17) is 18.7 Å². The van der Waals surface area contributed by atoms with Gasteiger partial charge >= 0.3 is 0 Å². The third-order valence-electron chi connectivity index (χ3n) is 3.46. The summed E-state index contributed by atoms with van der Waals surface area (Å²) in [5, 5.41) is 4.05. The van der Waals surface area contributed by atoms with Crippen LogP contribution in [0.1, 0.15) is 6.92 Å². The Kier molecular flexibility index (Phi) is 4.65. The van der Waals surface area contributed by atoms with Gasteiger partial charge in [-0.3, -0.25) is 0 Å². The summed E-state index contributed by atoms with van der Waals surface area (Å²) in [6, 6.07) is 13.0. The van der Waals surface area contributed by atoms with Crippen LogP contribution in [0.25, 0.3) is 22.8 Å². The van der Waals surface area contributed by atoms with Gasteiger partial charge in [-0.25, -0.2) is 0 Å². The van der Waals surface area contributed by atoms with Crippen LogP contribution in [0.3, 0.4) is 0 Å². The summed E-state index contributed by atoms with van der Waals surface area (Å²) in [7, 11) is 3.21. The van der Waals surface area contributed by atoms with E-state index in [1.165, 1.54) is 0 Å². The van der Waals surface area contributed by atoms with E-state index in [1.807, 2.05) is 49.4 Å². The second-order valence-corrected chi connectivity index (χ2v) is 4.95. The molecule has 6 nitrogen and oxygen atoms in total. The largest absolute Gasteiger partial charge is 0.497 e. The van der Waals surface area contributed by atoms with E-state index in [0.29, 0.717) is 29.8 Å². The molecule has 0 aliphatic heterocycles. The molecule has 6 heteroatoms. The molecule has 0 amide bonds. The van der Waals surface area contributed by atoms with Crippen molar-refractivity contribution < 1.29 is 18.7 Å². The standard InChI is InChI=1S/C18H18N2O4/c1-4-23-15-9-8-12(11-16(15)22-3)17-19-18(24-20-17)13-6-5-7-14(10-13)21-2/h5-11H,4H2,1-3H3. The summed E-state index contributed by atoms with van der Waals surface area (Å²) >= 11 is 0. The fourth-order valence-corrected chi connectivity index (χ4v) is 2.30. The molecule has 24 heavy (non-hydrogen) atoms. The van der Waals surface area contributed by atoms with Gasteiger partial charge in [0, 0.05) is 11.1 Å². The molecule has 124 valence electrons. The van der Waals surface area contributed by atoms with Gasteiger partial charge in [0.25, 0.3) is 5.89 Å². The van der Waals surface area contributed by atoms with Crippen LogP contribution in [0.15, 0.2) is 47.0 Å². The maximum absolute atomic E-state index is 5.52. The third kappa shape index (κ3) is 3.17. The van der Waals surface area contributed by atoms with Crippen LogP contribution in [0.4, 0.5) is 0 Å². The molecule has 0 radical (unpaired) electrons. The zero-order valence-electron chi connectivity index (χ0n) is 13.8. The van der Waals surface area contributed by atoms with Crippen molar-refractivity contribution in [3.63, 3.8) is 0 Å². The first kappa shape index (κ1) is 15.9. The fourth-order valence-electron chi connectivity index (χ4n) is 2.30. The van der Waals surface area contributed by atoms with Crippen molar-refractivity contribution in [2.24, 2.45) is 0 Å². The molecule has 0 aliphatic rings. The van der Waals surface area contributed by atoms with E-state index in [0.717, 1.165) is 16.9 Å². The lowest BCUT2D eigenvalue weighted by molar-refractivity contribution is 0.311. The monoisotopic (exact) mass is 326 g/mol. The summed E-state index contributed by atoms with van der Waals surface area (Å²) < 4.78 is 21.5. The van der Waals surface area contributed by atoms with E-state index in [1.54, 1.807) is 14.2 Å². The molecule has 1 aromatic heterocycles. The summed E-state index contributed by atoms with van der Waals surface area (Å²) in [4.78, 5) is 4.45. The van der Waals surface area contributed by atoms with Crippen molar-refractivity contribution in [2.75, 3.05) is 20.8 Å². The topological polar surface area (TPSA) is 66.6 Å². The number of rotatable bonds is 6. The van der Waals surface area contributed by atoms with Crippen molar-refractivity contribution in [1.29, 1.82) is 0 Å². The fraction of sp³-hybridized carbons (Fsp3) is 0.222. The maximum Gasteiger partial charge on any atom is 0.258 e. The van der Waals surface area contributed by atoms with E-state index in [-0.39, 0.29) is 0 Å². The van der Waals surface area contributed by atoms with Gasteiger partial charge in [0.1, 0.15) is 5.75 Å². The van der Waals surface area contributed by atoms with Gasteiger partial charge in [0.05, 0.1) is 20.8 Å². The third-order valence-corrected chi connectivity index (χ3v) is 3.46. The van der Waals surface area contributed by atoms with Crippen molar-refractivity contribution in [1.82, 2.24) is 10.1 Å². The highest BCUT2D eigenvalue weighted by Crippen LogP contribution is 2.32. The number of aromatic nitrogens is 2. The first-order valence-corrected chi connectivity index (χ1v) is 7.54. The lowest BCUT2D eigenvalue weighted by Gasteiger charge is -2.09. The lowest BCUT2D eigenvalue weighted by Crippen LogP contribution is -1.95. The first-order valence-electron chi connectivity index (χ1n) is 7.54. The van der Waals surface area contributed by atoms with Crippen LogP contribution in [0.5, 0.6) is 17.2 Å². The quantitative estimate of drug-likeness (QED) is 0.686. The number of methoxy groups -OCH3 is 2. The first-order chi connectivity index (χ1) is 11.7. The van der Waals surface area contributed by atoms with E-state index in [9.17, 15) is 0 Å². The number of ether oxygens (including phenoxy) is 3. The zero-order valence-corrected chi connectivity index (χ0v) is 13.8. The van der Waals surface area contributed by atoms with Gasteiger partial charge in [-0.2, -0.15) is 4.98 Å². The van der Waals surface area contributed by atoms with Crippen LogP contribution in [-0.4, -0.2) is 31.0 Å². The Bertz CT molecular complexity index is 829. The summed E-state index contributed by atoms with van der Waals surface area (Å²) in [5.74, 6) is 2.95. The molecule has 3 rings (SSSR count). The SMILES string of the molecule is CCOc1ccc(-c2noc(-c3cccc(OC)c3)n2)cc1OC. The van der Waals surface area contributed by atoms with Crippen molar-refractivity contribution in [2.45, 2.75) is 6.92 Å². The predicted molar refractivity (Wildman–Crippen MR) is 89.4 cm³/mol. The minimum absolute atomic E-state index is 0.428. The molecule has 0 saturated carbocycles. The Labute approximate surface area is 140 Å². The van der Waals surface area contributed by atoms with Crippen molar-refractivity contribution >= 4 is 0 Å². The zero-order chi connectivity index (χ0) is 16.9. The average molecular weight is 326 g/mol. The molecule has 1 heterocycles. The Balaban J connectivity index is 1.92. The molecule has 0 saturated heterocycles. The number of nitrogens with zero attached hydrogens (tertiary/aromatic N) is 2. The van der Waals surface area contributed by atoms with Gasteiger partial charge in [-0.15, -0.1) is 0 Å². The average Bonchev–Trinajstić information content (AvgIpc) is 3.12. The molecule has 0 aliphatic carbocycles. The van der Waals surface area contributed by atoms with Crippen LogP contribution in [-0.2, 0) is 0 Å². The number of hydrogen-bond donors (Lipinski definition) is 0. The molecular weight excluding hydrogens is 308 g/mol. The van der Waals surface area contributed by atoms with Gasteiger partial charge in [-0.1, -0.05) is 11.2 Å². The maximum atomic E-state index is 5.52. The Morgan fingerprint density at radius 1 is 0.958 bits per heavy atom. The molecule has 0 unspecified atom stereocenters. The molecule has 2 aromatic carbocycles. The van der Waals surface area contributed by atoms with Crippen LogP contribution < -0.4 is 14.2 Å². The van der Waals surface area contributed by atoms with Crippen molar-refractivity contribution in [3.8, 4) is 40.1 Å². The summed E-state index contributed by atoms with van der Waals surface area (Å²) in [5.41, 5.74) is 1.58. The lowest BCUT2D eigenvalue weighted by atomic mass is 10.2. The Morgan fingerprint density at radius 2 is 1.83 bits per heavy atom. The highest BCUT2D eigenvalue weighted by atomic mass is 16.5. The molecule has 0 spiro atoms. The highest BCUT2D eigenvalue weighted by molar-refractivity contribution is 5.64. The summed E-state index contributed by atoms with van der Waals surface area (Å²) in [6.45, 7) is 2.49. The predicted octanol–water partition coefficient (Wildman–Crippen LogP) is 3.82. The van der Waals surface area contributed by atoms with E-state index < -0.39 is 0 Å². The smallest absolute Gasteiger partial charge is 0.258 e. The summed E-state index contributed by atoms with van der Waals surface area (Å²) in [6.07, 6.45) is 0. The van der Waals surface area contributed by atoms with Gasteiger partial charge in [0.15, 0.2) is 11.5 Å². The van der Waals surface area contributed by atoms with E-state index >= 15 is 0 Å². The van der Waals surface area contributed by atoms with Gasteiger partial charge in [-0.05, 0) is 43.3 Å². The van der Waals surface area contributed by atoms with Crippen molar-refractivity contribution in [3.05, 3.63) is 42.5 Å². The Hall–Kier alpha value is -3.02. The second kappa shape index (κ2) is 7.04. The van der Waals surface area contributed by atoms with Gasteiger partial charge in [0.2, 0.25) is 5.82 Å². The molecule has 0 bridgehead atoms. The number of benzene rings is 2. The molecule has 3 aromatic rings. The molecule has 0 atom stereocenters. The minimum atomic E-state index is 0.428. The van der Waals surface area contributed by atoms with Crippen LogP contribution >= 0.6 is 0 Å². The minimum Gasteiger partial charge on any atom is -0.497 e. The second-order valence-electron chi connectivity index (χ2n) is 4.95. The van der Waals surface area contributed by atoms with Crippen LogP contribution in [0, 0.1) is 0 Å². The van der Waals surface area contributed by atoms with Crippen LogP contribution in [0.2, 0.25) is 0 Å². The van der Waals surface area contributed by atoms with E-state index in [2.05, 4.69) is 10.1 Å². The number of hydrogen-bond acceptors (Lipinski definition) is 6. The van der Waals surface area contributed by atoms with Gasteiger partial charge < -0.3 is 18.7 Å². The molecular formula is C18H18N2O4. The Morgan fingerprint density at radius 3 is 2.58 bits per heavy atom. The molecule has 0 N–H and O–H groups in total. The normalized spacial score (nSPS) is 10.5. The highest BCUT2D eigenvalue weighted by Gasteiger charge is 2.14. The molecule has 0 fully saturated rings.